The van der Waals surface area contributed by atoms with Crippen LogP contribution in [0.3, 0.4) is 0 Å². The second-order valence-electron chi connectivity index (χ2n) is 15.2. The molecular formula is C61H54. The number of aryl methyl sites for hydroxylation is 1. The summed E-state index contributed by atoms with van der Waals surface area (Å²) in [5.74, 6) is 0. The molecule has 8 aromatic carbocycles. The lowest BCUT2D eigenvalue weighted by atomic mass is 9.83. The van der Waals surface area contributed by atoms with E-state index >= 15 is 0 Å². The molecule has 0 bridgehead atoms. The predicted molar refractivity (Wildman–Crippen MR) is 273 cm³/mol. The van der Waals surface area contributed by atoms with Gasteiger partial charge in [-0.05, 0) is 169 Å². The Kier molecular flexibility index (Phi) is 12.9. The van der Waals surface area contributed by atoms with Crippen LogP contribution < -0.4 is 0 Å². The van der Waals surface area contributed by atoms with E-state index in [-0.39, 0.29) is 0 Å². The van der Waals surface area contributed by atoms with Crippen LogP contribution in [0, 0.1) is 6.92 Å². The van der Waals surface area contributed by atoms with Crippen molar-refractivity contribution in [2.75, 3.05) is 0 Å². The fourth-order valence-electron chi connectivity index (χ4n) is 8.66. The Hall–Kier alpha value is -7.28. The molecule has 0 aromatic heterocycles. The van der Waals surface area contributed by atoms with E-state index in [9.17, 15) is 0 Å². The van der Waals surface area contributed by atoms with Crippen LogP contribution in [0.1, 0.15) is 55.5 Å². The molecule has 0 amide bonds. The Labute approximate surface area is 363 Å². The molecule has 0 saturated heterocycles. The average molecular weight is 787 g/mol. The van der Waals surface area contributed by atoms with Crippen molar-refractivity contribution in [2.45, 2.75) is 34.6 Å². The summed E-state index contributed by atoms with van der Waals surface area (Å²) in [5.41, 5.74) is 17.8. The first-order valence-corrected chi connectivity index (χ1v) is 21.1. The van der Waals surface area contributed by atoms with Gasteiger partial charge in [-0.25, -0.2) is 0 Å². The highest BCUT2D eigenvalue weighted by atomic mass is 14.2. The number of rotatable bonds is 11. The van der Waals surface area contributed by atoms with E-state index < -0.39 is 0 Å². The first-order chi connectivity index (χ1) is 29.8. The SMILES string of the molecule is C=C/C(=C\C)c1cccc(-c2ccc3ccc4c(-c5cccc(/C(C=C)=C/C)c5)cc(-c5cccc(/C(C=C)=C/C)c5)c5ccc2c3c45)c1.C=C/C(=C\C)c1cccc(C)c1. The van der Waals surface area contributed by atoms with E-state index in [0.29, 0.717) is 0 Å². The van der Waals surface area contributed by atoms with Gasteiger partial charge in [0.15, 0.2) is 0 Å². The van der Waals surface area contributed by atoms with E-state index in [1.165, 1.54) is 88.0 Å². The van der Waals surface area contributed by atoms with Gasteiger partial charge in [-0.1, -0.05) is 196 Å². The van der Waals surface area contributed by atoms with Crippen molar-refractivity contribution in [3.63, 3.8) is 0 Å². The van der Waals surface area contributed by atoms with Gasteiger partial charge in [-0.2, -0.15) is 0 Å². The number of benzene rings is 8. The Bertz CT molecular complexity index is 2990. The minimum Gasteiger partial charge on any atom is -0.0985 e. The summed E-state index contributed by atoms with van der Waals surface area (Å²) in [6, 6.07) is 51.2. The summed E-state index contributed by atoms with van der Waals surface area (Å²) < 4.78 is 0. The van der Waals surface area contributed by atoms with Crippen LogP contribution in [0.2, 0.25) is 0 Å². The van der Waals surface area contributed by atoms with Gasteiger partial charge in [-0.15, -0.1) is 0 Å². The lowest BCUT2D eigenvalue weighted by molar-refractivity contribution is 1.45. The van der Waals surface area contributed by atoms with E-state index in [1.54, 1.807) is 0 Å². The van der Waals surface area contributed by atoms with Gasteiger partial charge in [0.25, 0.3) is 0 Å². The summed E-state index contributed by atoms with van der Waals surface area (Å²) in [6.07, 6.45) is 16.1. The summed E-state index contributed by atoms with van der Waals surface area (Å²) in [5, 5.41) is 7.58. The Morgan fingerprint density at radius 1 is 0.361 bits per heavy atom. The Balaban J connectivity index is 0.000000404. The molecule has 0 N–H and O–H groups in total. The van der Waals surface area contributed by atoms with Crippen molar-refractivity contribution in [1.82, 2.24) is 0 Å². The highest BCUT2D eigenvalue weighted by molar-refractivity contribution is 6.30. The van der Waals surface area contributed by atoms with E-state index in [0.717, 1.165) is 27.8 Å². The summed E-state index contributed by atoms with van der Waals surface area (Å²) in [6.45, 7) is 26.3. The maximum atomic E-state index is 4.08. The molecule has 0 radical (unpaired) electrons. The van der Waals surface area contributed by atoms with Crippen LogP contribution in [0.5, 0.6) is 0 Å². The largest absolute Gasteiger partial charge is 0.0985 e. The lowest BCUT2D eigenvalue weighted by Crippen LogP contribution is -1.93. The molecular weight excluding hydrogens is 733 g/mol. The summed E-state index contributed by atoms with van der Waals surface area (Å²) in [7, 11) is 0. The quantitative estimate of drug-likeness (QED) is 0.0905. The van der Waals surface area contributed by atoms with Crippen LogP contribution in [0.25, 0.3) is 88.0 Å². The van der Waals surface area contributed by atoms with Crippen LogP contribution in [-0.2, 0) is 0 Å². The van der Waals surface area contributed by atoms with Crippen LogP contribution in [0.15, 0.2) is 214 Å². The molecule has 0 saturated carbocycles. The van der Waals surface area contributed by atoms with Crippen molar-refractivity contribution in [3.8, 4) is 33.4 Å². The predicted octanol–water partition coefficient (Wildman–Crippen LogP) is 17.9. The zero-order chi connectivity index (χ0) is 43.0. The highest BCUT2D eigenvalue weighted by Gasteiger charge is 2.19. The topological polar surface area (TPSA) is 0 Å². The minimum absolute atomic E-state index is 1.13. The molecule has 0 atom stereocenters. The second kappa shape index (κ2) is 18.8. The van der Waals surface area contributed by atoms with E-state index in [4.69, 9.17) is 0 Å². The molecule has 0 fully saturated rings. The summed E-state index contributed by atoms with van der Waals surface area (Å²) >= 11 is 0. The number of allylic oxidation sites excluding steroid dienone is 12. The number of hydrogen-bond acceptors (Lipinski definition) is 0. The third-order valence-electron chi connectivity index (χ3n) is 11.8. The normalized spacial score (nSPS) is 12.3. The van der Waals surface area contributed by atoms with Gasteiger partial charge in [-0.3, -0.25) is 0 Å². The molecule has 0 aliphatic rings. The van der Waals surface area contributed by atoms with Crippen LogP contribution >= 0.6 is 0 Å². The molecule has 298 valence electrons. The molecule has 0 nitrogen and oxygen atoms in total. The lowest BCUT2D eigenvalue weighted by Gasteiger charge is -2.20. The fourth-order valence-corrected chi connectivity index (χ4v) is 8.66. The third-order valence-corrected chi connectivity index (χ3v) is 11.8. The van der Waals surface area contributed by atoms with E-state index in [2.05, 4.69) is 218 Å². The van der Waals surface area contributed by atoms with Gasteiger partial charge in [0.05, 0.1) is 0 Å². The smallest absolute Gasteiger partial charge is 0.00141 e. The molecule has 8 rings (SSSR count). The van der Waals surface area contributed by atoms with Gasteiger partial charge in [0.1, 0.15) is 0 Å². The third kappa shape index (κ3) is 8.31. The fraction of sp³-hybridized carbons (Fsp3) is 0.0820. The summed E-state index contributed by atoms with van der Waals surface area (Å²) in [4.78, 5) is 0. The van der Waals surface area contributed by atoms with Crippen molar-refractivity contribution >= 4 is 54.6 Å². The monoisotopic (exact) mass is 786 g/mol. The zero-order valence-corrected chi connectivity index (χ0v) is 36.2. The van der Waals surface area contributed by atoms with Crippen molar-refractivity contribution in [3.05, 3.63) is 242 Å². The van der Waals surface area contributed by atoms with Crippen molar-refractivity contribution < 1.29 is 0 Å². The maximum absolute atomic E-state index is 4.08. The maximum Gasteiger partial charge on any atom is -0.00141 e. The minimum atomic E-state index is 1.13. The first kappa shape index (κ1) is 41.9. The molecule has 61 heavy (non-hydrogen) atoms. The molecule has 0 unspecified atom stereocenters. The van der Waals surface area contributed by atoms with Crippen molar-refractivity contribution in [1.29, 1.82) is 0 Å². The molecule has 0 spiro atoms. The Morgan fingerprint density at radius 2 is 0.721 bits per heavy atom. The molecule has 0 aliphatic carbocycles. The van der Waals surface area contributed by atoms with Crippen molar-refractivity contribution in [2.24, 2.45) is 0 Å². The number of hydrogen-bond donors (Lipinski definition) is 0. The Morgan fingerprint density at radius 3 is 1.13 bits per heavy atom. The van der Waals surface area contributed by atoms with Crippen LogP contribution in [0.4, 0.5) is 0 Å². The van der Waals surface area contributed by atoms with Crippen LogP contribution in [-0.4, -0.2) is 0 Å². The zero-order valence-electron chi connectivity index (χ0n) is 36.2. The molecule has 0 aliphatic heterocycles. The standard InChI is InChI=1S/C49H40.C12H14/c1-7-32(8-2)36-16-13-19-39(28-36)42-24-22-35-23-25-44-46(40-20-14-17-37(29-40)33(9-3)10-4)31-47(45-27-26-43(42)48(35)49(44)45)41-21-15-18-38(30-41)34(11-5)12-6;1-4-11(5-2)12-8-6-7-10(3)9-12/h7-31H,1,3,5H2,2,4,6H3;4-9H,1H2,2-3H3/b32-8+,33-10+,34-12+;11-5+. The highest BCUT2D eigenvalue weighted by Crippen LogP contribution is 2.46. The molecule has 8 aromatic rings. The van der Waals surface area contributed by atoms with Gasteiger partial charge >= 0.3 is 0 Å². The van der Waals surface area contributed by atoms with Gasteiger partial charge < -0.3 is 0 Å². The molecule has 0 heteroatoms. The second-order valence-corrected chi connectivity index (χ2v) is 15.2. The average Bonchev–Trinajstić information content (AvgIpc) is 3.30. The van der Waals surface area contributed by atoms with Gasteiger partial charge in [0.2, 0.25) is 0 Å². The van der Waals surface area contributed by atoms with Gasteiger partial charge in [0, 0.05) is 0 Å². The van der Waals surface area contributed by atoms with E-state index in [1.807, 2.05) is 31.2 Å². The first-order valence-electron chi connectivity index (χ1n) is 21.1. The molecule has 0 heterocycles.